The first-order valence-corrected chi connectivity index (χ1v) is 6.81. The Labute approximate surface area is 117 Å². The average Bonchev–Trinajstić information content (AvgIpc) is 2.48. The Hall–Kier alpha value is -1.79. The van der Waals surface area contributed by atoms with Gasteiger partial charge in [-0.05, 0) is 12.1 Å². The van der Waals surface area contributed by atoms with Crippen molar-refractivity contribution in [2.24, 2.45) is 0 Å². The number of carbonyl (C=O) groups excluding carboxylic acids is 1. The van der Waals surface area contributed by atoms with Gasteiger partial charge in [-0.15, -0.1) is 0 Å². The van der Waals surface area contributed by atoms with Gasteiger partial charge in [-0.3, -0.25) is 9.69 Å². The zero-order chi connectivity index (χ0) is 13.8. The largest absolute Gasteiger partial charge is 0.492 e. The molecule has 0 spiro atoms. The van der Waals surface area contributed by atoms with E-state index in [4.69, 9.17) is 14.2 Å². The highest BCUT2D eigenvalue weighted by molar-refractivity contribution is 5.95. The molecule has 0 radical (unpaired) electrons. The third-order valence-corrected chi connectivity index (χ3v) is 3.36. The van der Waals surface area contributed by atoms with Crippen molar-refractivity contribution in [2.45, 2.75) is 0 Å². The summed E-state index contributed by atoms with van der Waals surface area (Å²) in [6.45, 7) is 5.07. The lowest BCUT2D eigenvalue weighted by Crippen LogP contribution is -2.38. The monoisotopic (exact) mass is 278 g/mol. The topological polar surface area (TPSA) is 60.0 Å². The highest BCUT2D eigenvalue weighted by Crippen LogP contribution is 2.31. The molecule has 0 saturated carbocycles. The molecule has 1 fully saturated rings. The summed E-state index contributed by atoms with van der Waals surface area (Å²) in [5.41, 5.74) is 0.671. The lowest BCUT2D eigenvalue weighted by atomic mass is 10.2. The number of morpholine rings is 1. The van der Waals surface area contributed by atoms with E-state index in [1.807, 2.05) is 12.1 Å². The molecule has 1 saturated heterocycles. The summed E-state index contributed by atoms with van der Waals surface area (Å²) in [4.78, 5) is 13.6. The van der Waals surface area contributed by atoms with Crippen molar-refractivity contribution in [3.05, 3.63) is 18.2 Å². The molecule has 3 rings (SSSR count). The molecule has 2 aliphatic rings. The van der Waals surface area contributed by atoms with Gasteiger partial charge in [0.25, 0.3) is 5.91 Å². The minimum absolute atomic E-state index is 0.0736. The van der Waals surface area contributed by atoms with Crippen LogP contribution in [0.1, 0.15) is 0 Å². The second kappa shape index (κ2) is 6.11. The van der Waals surface area contributed by atoms with Crippen LogP contribution in [0.2, 0.25) is 0 Å². The Morgan fingerprint density at radius 3 is 3.00 bits per heavy atom. The summed E-state index contributed by atoms with van der Waals surface area (Å²) in [7, 11) is 0. The predicted molar refractivity (Wildman–Crippen MR) is 73.3 cm³/mol. The molecule has 0 unspecified atom stereocenters. The Morgan fingerprint density at radius 1 is 1.30 bits per heavy atom. The van der Waals surface area contributed by atoms with Crippen molar-refractivity contribution in [3.63, 3.8) is 0 Å². The fraction of sp³-hybridized carbons (Fsp3) is 0.500. The molecule has 2 heterocycles. The van der Waals surface area contributed by atoms with Crippen LogP contribution in [0, 0.1) is 0 Å². The van der Waals surface area contributed by atoms with Crippen LogP contribution in [0.15, 0.2) is 18.2 Å². The standard InChI is InChI=1S/C14H18N2O4/c17-14-10-20-13-2-1-11(9-12(13)15-14)19-8-5-16-3-6-18-7-4-16/h1-2,9H,3-8,10H2,(H,15,17). The van der Waals surface area contributed by atoms with E-state index in [0.29, 0.717) is 18.0 Å². The molecule has 0 atom stereocenters. The van der Waals surface area contributed by atoms with Crippen LogP contribution in [0.4, 0.5) is 5.69 Å². The zero-order valence-corrected chi connectivity index (χ0v) is 11.3. The van der Waals surface area contributed by atoms with Crippen LogP contribution in [-0.2, 0) is 9.53 Å². The number of fused-ring (bicyclic) bond motifs is 1. The minimum atomic E-state index is -0.136. The van der Waals surface area contributed by atoms with Crippen molar-refractivity contribution in [3.8, 4) is 11.5 Å². The summed E-state index contributed by atoms with van der Waals surface area (Å²) < 4.78 is 16.3. The van der Waals surface area contributed by atoms with E-state index in [1.165, 1.54) is 0 Å². The Morgan fingerprint density at radius 2 is 2.15 bits per heavy atom. The second-order valence-corrected chi connectivity index (χ2v) is 4.80. The van der Waals surface area contributed by atoms with Gasteiger partial charge in [0.1, 0.15) is 18.1 Å². The van der Waals surface area contributed by atoms with E-state index in [2.05, 4.69) is 10.2 Å². The summed E-state index contributed by atoms with van der Waals surface area (Å²) in [5.74, 6) is 1.29. The molecule has 6 nitrogen and oxygen atoms in total. The number of anilines is 1. The highest BCUT2D eigenvalue weighted by Gasteiger charge is 2.16. The van der Waals surface area contributed by atoms with Crippen molar-refractivity contribution in [1.29, 1.82) is 0 Å². The number of amides is 1. The Balaban J connectivity index is 1.52. The van der Waals surface area contributed by atoms with Crippen LogP contribution in [0.5, 0.6) is 11.5 Å². The van der Waals surface area contributed by atoms with Crippen molar-refractivity contribution >= 4 is 11.6 Å². The van der Waals surface area contributed by atoms with E-state index < -0.39 is 0 Å². The van der Waals surface area contributed by atoms with Crippen LogP contribution in [0.25, 0.3) is 0 Å². The highest BCUT2D eigenvalue weighted by atomic mass is 16.5. The van der Waals surface area contributed by atoms with Gasteiger partial charge in [-0.25, -0.2) is 0 Å². The van der Waals surface area contributed by atoms with E-state index in [1.54, 1.807) is 6.07 Å². The van der Waals surface area contributed by atoms with Gasteiger partial charge in [0.2, 0.25) is 0 Å². The van der Waals surface area contributed by atoms with E-state index >= 15 is 0 Å². The maximum absolute atomic E-state index is 11.3. The average molecular weight is 278 g/mol. The number of nitrogens with zero attached hydrogens (tertiary/aromatic N) is 1. The van der Waals surface area contributed by atoms with Gasteiger partial charge >= 0.3 is 0 Å². The Kier molecular flexibility index (Phi) is 4.03. The molecule has 1 aromatic rings. The summed E-state index contributed by atoms with van der Waals surface area (Å²) >= 11 is 0. The lowest BCUT2D eigenvalue weighted by molar-refractivity contribution is -0.118. The molecule has 20 heavy (non-hydrogen) atoms. The predicted octanol–water partition coefficient (Wildman–Crippen LogP) is 0.728. The van der Waals surface area contributed by atoms with Gasteiger partial charge < -0.3 is 19.5 Å². The minimum Gasteiger partial charge on any atom is -0.492 e. The lowest BCUT2D eigenvalue weighted by Gasteiger charge is -2.26. The molecule has 1 amide bonds. The quantitative estimate of drug-likeness (QED) is 0.880. The number of carbonyl (C=O) groups is 1. The number of hydrogen-bond acceptors (Lipinski definition) is 5. The Bertz CT molecular complexity index is 486. The van der Waals surface area contributed by atoms with Gasteiger partial charge in [0, 0.05) is 25.7 Å². The van der Waals surface area contributed by atoms with Gasteiger partial charge in [-0.1, -0.05) is 0 Å². The zero-order valence-electron chi connectivity index (χ0n) is 11.3. The molecular formula is C14H18N2O4. The van der Waals surface area contributed by atoms with Gasteiger partial charge in [0.05, 0.1) is 18.9 Å². The smallest absolute Gasteiger partial charge is 0.262 e. The first kappa shape index (κ1) is 13.2. The maximum atomic E-state index is 11.3. The fourth-order valence-electron chi connectivity index (χ4n) is 2.27. The molecule has 0 bridgehead atoms. The van der Waals surface area contributed by atoms with Gasteiger partial charge in [0.15, 0.2) is 6.61 Å². The van der Waals surface area contributed by atoms with Crippen molar-refractivity contribution < 1.29 is 19.0 Å². The number of hydrogen-bond donors (Lipinski definition) is 1. The normalized spacial score (nSPS) is 18.9. The number of rotatable bonds is 4. The first-order valence-electron chi connectivity index (χ1n) is 6.81. The SMILES string of the molecule is O=C1COc2ccc(OCCN3CCOCC3)cc2N1. The third-order valence-electron chi connectivity index (χ3n) is 3.36. The first-order chi connectivity index (χ1) is 9.81. The summed E-state index contributed by atoms with van der Waals surface area (Å²) in [6, 6.07) is 5.47. The molecule has 108 valence electrons. The second-order valence-electron chi connectivity index (χ2n) is 4.80. The number of benzene rings is 1. The number of nitrogens with one attached hydrogen (secondary N) is 1. The number of ether oxygens (including phenoxy) is 3. The van der Waals surface area contributed by atoms with E-state index in [9.17, 15) is 4.79 Å². The summed E-state index contributed by atoms with van der Waals surface area (Å²) in [6.07, 6.45) is 0. The fourth-order valence-corrected chi connectivity index (χ4v) is 2.27. The van der Waals surface area contributed by atoms with Gasteiger partial charge in [-0.2, -0.15) is 0 Å². The molecule has 0 aliphatic carbocycles. The molecule has 1 N–H and O–H groups in total. The van der Waals surface area contributed by atoms with E-state index in [0.717, 1.165) is 38.6 Å². The molecule has 2 aliphatic heterocycles. The maximum Gasteiger partial charge on any atom is 0.262 e. The molecule has 6 heteroatoms. The van der Waals surface area contributed by atoms with Crippen molar-refractivity contribution in [1.82, 2.24) is 4.90 Å². The molecule has 0 aromatic heterocycles. The molecule has 1 aromatic carbocycles. The van der Waals surface area contributed by atoms with Crippen LogP contribution < -0.4 is 14.8 Å². The van der Waals surface area contributed by atoms with Crippen LogP contribution >= 0.6 is 0 Å². The van der Waals surface area contributed by atoms with Crippen molar-refractivity contribution in [2.75, 3.05) is 51.4 Å². The van der Waals surface area contributed by atoms with E-state index in [-0.39, 0.29) is 12.5 Å². The van der Waals surface area contributed by atoms with Crippen LogP contribution in [0.3, 0.4) is 0 Å². The third kappa shape index (κ3) is 3.20. The molecular weight excluding hydrogens is 260 g/mol. The summed E-state index contributed by atoms with van der Waals surface area (Å²) in [5, 5.41) is 2.77. The van der Waals surface area contributed by atoms with Crippen LogP contribution in [-0.4, -0.2) is 56.9 Å².